The number of rotatable bonds is 7. The first-order valence-electron chi connectivity index (χ1n) is 10.1. The molecule has 0 spiro atoms. The highest BCUT2D eigenvalue weighted by Gasteiger charge is 2.31. The molecule has 0 aromatic heterocycles. The average Bonchev–Trinajstić information content (AvgIpc) is 3.05. The van der Waals surface area contributed by atoms with Gasteiger partial charge >= 0.3 is 0 Å². The summed E-state index contributed by atoms with van der Waals surface area (Å²) in [5.74, 6) is 0.196. The number of amides is 1. The highest BCUT2D eigenvalue weighted by atomic mass is 16.5. The summed E-state index contributed by atoms with van der Waals surface area (Å²) in [7, 11) is 2.18. The van der Waals surface area contributed by atoms with Crippen molar-refractivity contribution in [1.29, 1.82) is 0 Å². The molecule has 0 saturated carbocycles. The van der Waals surface area contributed by atoms with Crippen molar-refractivity contribution in [2.24, 2.45) is 0 Å². The molecule has 1 aliphatic heterocycles. The van der Waals surface area contributed by atoms with Crippen LogP contribution in [0.15, 0.2) is 22.9 Å². The van der Waals surface area contributed by atoms with Gasteiger partial charge in [0.2, 0.25) is 0 Å². The molecular weight excluding hydrogens is 312 g/mol. The molecule has 2 aliphatic rings. The quantitative estimate of drug-likeness (QED) is 0.649. The van der Waals surface area contributed by atoms with E-state index in [2.05, 4.69) is 45.7 Å². The van der Waals surface area contributed by atoms with Gasteiger partial charge in [0.15, 0.2) is 0 Å². The summed E-state index contributed by atoms with van der Waals surface area (Å²) in [6, 6.07) is 0. The van der Waals surface area contributed by atoms with Gasteiger partial charge in [0.1, 0.15) is 0 Å². The van der Waals surface area contributed by atoms with Crippen LogP contribution in [0.25, 0.3) is 0 Å². The Kier molecular flexibility index (Phi) is 7.55. The summed E-state index contributed by atoms with van der Waals surface area (Å²) >= 11 is 0. The molecule has 25 heavy (non-hydrogen) atoms. The first kappa shape index (κ1) is 20.0. The number of unbranched alkanes of at least 4 members (excludes halogenated alkanes) is 1. The van der Waals surface area contributed by atoms with Crippen molar-refractivity contribution >= 4 is 5.91 Å². The number of morpholine rings is 1. The molecule has 142 valence electrons. The molecule has 1 aliphatic carbocycles. The third-order valence-corrected chi connectivity index (χ3v) is 5.17. The largest absolute Gasteiger partial charge is 0.378 e. The molecule has 0 N–H and O–H groups in total. The summed E-state index contributed by atoms with van der Waals surface area (Å²) in [5, 5.41) is 0. The Bertz CT molecular complexity index is 514. The van der Waals surface area contributed by atoms with Crippen molar-refractivity contribution in [2.75, 3.05) is 26.7 Å². The Morgan fingerprint density at radius 1 is 1.24 bits per heavy atom. The first-order chi connectivity index (χ1) is 12.0. The molecule has 1 saturated heterocycles. The van der Waals surface area contributed by atoms with E-state index in [0.717, 1.165) is 37.8 Å². The van der Waals surface area contributed by atoms with E-state index in [0.29, 0.717) is 13.1 Å². The summed E-state index contributed by atoms with van der Waals surface area (Å²) < 4.78 is 5.80. The van der Waals surface area contributed by atoms with Gasteiger partial charge in [-0.05, 0) is 51.5 Å². The van der Waals surface area contributed by atoms with Crippen LogP contribution < -0.4 is 0 Å². The Balaban J connectivity index is 2.24. The Morgan fingerprint density at radius 3 is 2.52 bits per heavy atom. The molecule has 0 aromatic carbocycles. The van der Waals surface area contributed by atoms with Gasteiger partial charge in [-0.3, -0.25) is 4.79 Å². The van der Waals surface area contributed by atoms with Crippen LogP contribution in [0.1, 0.15) is 66.2 Å². The molecule has 0 radical (unpaired) electrons. The standard InChI is InChI=1S/C21H36N2O2/c1-6-8-13-22(5)20-12-9-11-18(20)19(10-7-2)21(24)23-14-16(3)25-17(4)15-23/h10,16-17H,6-9,11-15H2,1-5H3/b19-10-. The second-order valence-corrected chi connectivity index (χ2v) is 7.55. The normalized spacial score (nSPS) is 24.8. The number of allylic oxidation sites excluding steroid dienone is 2. The molecule has 2 rings (SSSR count). The minimum absolute atomic E-state index is 0.111. The molecule has 4 heteroatoms. The zero-order chi connectivity index (χ0) is 18.4. The van der Waals surface area contributed by atoms with Crippen molar-refractivity contribution in [1.82, 2.24) is 9.80 Å². The average molecular weight is 349 g/mol. The van der Waals surface area contributed by atoms with Crippen molar-refractivity contribution in [2.45, 2.75) is 78.4 Å². The van der Waals surface area contributed by atoms with Crippen LogP contribution in [0.2, 0.25) is 0 Å². The maximum atomic E-state index is 13.3. The van der Waals surface area contributed by atoms with Crippen LogP contribution in [0.3, 0.4) is 0 Å². The number of nitrogens with zero attached hydrogens (tertiary/aromatic N) is 2. The fourth-order valence-electron chi connectivity index (χ4n) is 4.03. The van der Waals surface area contributed by atoms with Crippen LogP contribution in [0.5, 0.6) is 0 Å². The van der Waals surface area contributed by atoms with E-state index >= 15 is 0 Å². The van der Waals surface area contributed by atoms with Crippen LogP contribution in [-0.4, -0.2) is 54.6 Å². The molecule has 0 aromatic rings. The van der Waals surface area contributed by atoms with Crippen LogP contribution in [-0.2, 0) is 9.53 Å². The highest BCUT2D eigenvalue weighted by Crippen LogP contribution is 2.34. The van der Waals surface area contributed by atoms with Gasteiger partial charge < -0.3 is 14.5 Å². The predicted molar refractivity (Wildman–Crippen MR) is 103 cm³/mol. The van der Waals surface area contributed by atoms with Gasteiger partial charge in [0.25, 0.3) is 5.91 Å². The Hall–Kier alpha value is -1.29. The van der Waals surface area contributed by atoms with Gasteiger partial charge in [-0.25, -0.2) is 0 Å². The Morgan fingerprint density at radius 2 is 1.92 bits per heavy atom. The fraction of sp³-hybridized carbons (Fsp3) is 0.762. The maximum Gasteiger partial charge on any atom is 0.254 e. The first-order valence-corrected chi connectivity index (χ1v) is 10.1. The summed E-state index contributed by atoms with van der Waals surface area (Å²) in [6.07, 6.45) is 8.94. The van der Waals surface area contributed by atoms with Crippen LogP contribution >= 0.6 is 0 Å². The third kappa shape index (κ3) is 5.10. The molecule has 0 bridgehead atoms. The Labute approximate surface area is 153 Å². The van der Waals surface area contributed by atoms with E-state index in [-0.39, 0.29) is 18.1 Å². The summed E-state index contributed by atoms with van der Waals surface area (Å²) in [4.78, 5) is 17.7. The van der Waals surface area contributed by atoms with E-state index in [1.807, 2.05) is 4.90 Å². The fourth-order valence-corrected chi connectivity index (χ4v) is 4.03. The molecule has 4 nitrogen and oxygen atoms in total. The molecular formula is C21H36N2O2. The second kappa shape index (κ2) is 9.42. The topological polar surface area (TPSA) is 32.8 Å². The lowest BCUT2D eigenvalue weighted by Gasteiger charge is -2.36. The summed E-state index contributed by atoms with van der Waals surface area (Å²) in [6.45, 7) is 10.9. The SMILES string of the molecule is CC/C=C(\C(=O)N1CC(C)OC(C)C1)C1=C(N(C)CCCC)CCC1. The van der Waals surface area contributed by atoms with E-state index in [1.165, 1.54) is 24.1 Å². The molecule has 1 fully saturated rings. The van der Waals surface area contributed by atoms with Gasteiger partial charge in [-0.1, -0.05) is 26.3 Å². The van der Waals surface area contributed by atoms with E-state index < -0.39 is 0 Å². The van der Waals surface area contributed by atoms with Crippen LogP contribution in [0.4, 0.5) is 0 Å². The zero-order valence-corrected chi connectivity index (χ0v) is 16.8. The predicted octanol–water partition coefficient (Wildman–Crippen LogP) is 4.13. The zero-order valence-electron chi connectivity index (χ0n) is 16.8. The van der Waals surface area contributed by atoms with Crippen molar-refractivity contribution in [3.05, 3.63) is 22.9 Å². The van der Waals surface area contributed by atoms with Crippen molar-refractivity contribution in [3.63, 3.8) is 0 Å². The molecule has 2 unspecified atom stereocenters. The van der Waals surface area contributed by atoms with E-state index in [9.17, 15) is 4.79 Å². The van der Waals surface area contributed by atoms with Gasteiger partial charge in [0.05, 0.1) is 12.2 Å². The molecule has 1 amide bonds. The van der Waals surface area contributed by atoms with E-state index in [4.69, 9.17) is 4.74 Å². The van der Waals surface area contributed by atoms with E-state index in [1.54, 1.807) is 0 Å². The number of carbonyl (C=O) groups excluding carboxylic acids is 1. The third-order valence-electron chi connectivity index (χ3n) is 5.17. The number of carbonyl (C=O) groups is 1. The highest BCUT2D eigenvalue weighted by molar-refractivity contribution is 5.98. The van der Waals surface area contributed by atoms with Crippen molar-refractivity contribution < 1.29 is 9.53 Å². The minimum atomic E-state index is 0.111. The smallest absolute Gasteiger partial charge is 0.254 e. The number of ether oxygens (including phenoxy) is 1. The van der Waals surface area contributed by atoms with Gasteiger partial charge in [0, 0.05) is 38.0 Å². The lowest BCUT2D eigenvalue weighted by molar-refractivity contribution is -0.138. The maximum absolute atomic E-state index is 13.3. The van der Waals surface area contributed by atoms with Gasteiger partial charge in [-0.2, -0.15) is 0 Å². The monoisotopic (exact) mass is 348 g/mol. The second-order valence-electron chi connectivity index (χ2n) is 7.55. The van der Waals surface area contributed by atoms with Gasteiger partial charge in [-0.15, -0.1) is 0 Å². The lowest BCUT2D eigenvalue weighted by atomic mass is 10.0. The van der Waals surface area contributed by atoms with Crippen molar-refractivity contribution in [3.8, 4) is 0 Å². The summed E-state index contributed by atoms with van der Waals surface area (Å²) in [5.41, 5.74) is 3.62. The van der Waals surface area contributed by atoms with Crippen LogP contribution in [0, 0.1) is 0 Å². The number of hydrogen-bond acceptors (Lipinski definition) is 3. The minimum Gasteiger partial charge on any atom is -0.378 e. The molecule has 2 atom stereocenters. The molecule has 1 heterocycles. The number of hydrogen-bond donors (Lipinski definition) is 0. The lowest BCUT2D eigenvalue weighted by Crippen LogP contribution is -2.48.